The van der Waals surface area contributed by atoms with Crippen molar-refractivity contribution < 1.29 is 5.11 Å². The summed E-state index contributed by atoms with van der Waals surface area (Å²) in [5.41, 5.74) is -0.389. The van der Waals surface area contributed by atoms with Crippen molar-refractivity contribution in [2.24, 2.45) is 5.92 Å². The molecule has 2 aliphatic rings. The maximum Gasteiger partial charge on any atom is 0.119 e. The molecule has 2 fully saturated rings. The number of hydrogen-bond acceptors (Lipinski definition) is 2. The standard InChI is InChI=1S/C5H9NO/c7-5-3-4(5)1-2-6-5/h4,6-7H,1-3H2. The van der Waals surface area contributed by atoms with Crippen LogP contribution >= 0.6 is 0 Å². The van der Waals surface area contributed by atoms with Gasteiger partial charge in [-0.05, 0) is 19.4 Å². The van der Waals surface area contributed by atoms with Crippen molar-refractivity contribution in [3.05, 3.63) is 0 Å². The number of fused-ring (bicyclic) bond motifs is 1. The van der Waals surface area contributed by atoms with Gasteiger partial charge in [0, 0.05) is 5.92 Å². The Kier molecular flexibility index (Phi) is 0.474. The summed E-state index contributed by atoms with van der Waals surface area (Å²) >= 11 is 0. The summed E-state index contributed by atoms with van der Waals surface area (Å²) in [7, 11) is 0. The van der Waals surface area contributed by atoms with Gasteiger partial charge in [0.2, 0.25) is 0 Å². The van der Waals surface area contributed by atoms with E-state index in [9.17, 15) is 0 Å². The van der Waals surface area contributed by atoms with Crippen molar-refractivity contribution in [3.8, 4) is 0 Å². The Morgan fingerprint density at radius 2 is 2.57 bits per heavy atom. The number of aliphatic hydroxyl groups is 1. The molecule has 0 radical (unpaired) electrons. The molecule has 0 aromatic rings. The Morgan fingerprint density at radius 3 is 2.71 bits per heavy atom. The third-order valence-electron chi connectivity index (χ3n) is 2.00. The fourth-order valence-electron chi connectivity index (χ4n) is 1.34. The van der Waals surface area contributed by atoms with E-state index in [1.54, 1.807) is 0 Å². The van der Waals surface area contributed by atoms with Crippen molar-refractivity contribution >= 4 is 0 Å². The van der Waals surface area contributed by atoms with Gasteiger partial charge in [-0.3, -0.25) is 5.32 Å². The van der Waals surface area contributed by atoms with E-state index < -0.39 is 0 Å². The minimum atomic E-state index is -0.389. The minimum absolute atomic E-state index is 0.389. The monoisotopic (exact) mass is 99.1 g/mol. The maximum absolute atomic E-state index is 9.16. The smallest absolute Gasteiger partial charge is 0.119 e. The summed E-state index contributed by atoms with van der Waals surface area (Å²) in [5.74, 6) is 0.604. The predicted molar refractivity (Wildman–Crippen MR) is 25.7 cm³/mol. The molecule has 0 bridgehead atoms. The number of piperidine rings is 1. The Labute approximate surface area is 42.5 Å². The van der Waals surface area contributed by atoms with Crippen LogP contribution in [-0.2, 0) is 0 Å². The zero-order valence-electron chi connectivity index (χ0n) is 4.15. The second kappa shape index (κ2) is 0.858. The number of rotatable bonds is 0. The van der Waals surface area contributed by atoms with E-state index >= 15 is 0 Å². The minimum Gasteiger partial charge on any atom is -0.376 e. The number of hydrogen-bond donors (Lipinski definition) is 2. The summed E-state index contributed by atoms with van der Waals surface area (Å²) in [6, 6.07) is 0. The van der Waals surface area contributed by atoms with E-state index in [1.807, 2.05) is 0 Å². The molecular weight excluding hydrogens is 90.1 g/mol. The first-order chi connectivity index (χ1) is 3.31. The van der Waals surface area contributed by atoms with Crippen molar-refractivity contribution in [1.82, 2.24) is 5.32 Å². The normalized spacial score (nSPS) is 57.0. The molecule has 40 valence electrons. The highest BCUT2D eigenvalue weighted by atomic mass is 16.3. The SMILES string of the molecule is OC12CC1CCN2. The Balaban J connectivity index is 2.17. The van der Waals surface area contributed by atoms with Crippen LogP contribution in [-0.4, -0.2) is 17.4 Å². The lowest BCUT2D eigenvalue weighted by Crippen LogP contribution is -2.26. The van der Waals surface area contributed by atoms with Crippen LogP contribution in [0.4, 0.5) is 0 Å². The average Bonchev–Trinajstić information content (AvgIpc) is 2.09. The van der Waals surface area contributed by atoms with Gasteiger partial charge >= 0.3 is 0 Å². The third kappa shape index (κ3) is 0.359. The van der Waals surface area contributed by atoms with Crippen molar-refractivity contribution in [3.63, 3.8) is 0 Å². The molecule has 2 N–H and O–H groups in total. The third-order valence-corrected chi connectivity index (χ3v) is 2.00. The molecule has 2 unspecified atom stereocenters. The van der Waals surface area contributed by atoms with Crippen molar-refractivity contribution in [1.29, 1.82) is 0 Å². The average molecular weight is 99.1 g/mol. The van der Waals surface area contributed by atoms with Crippen LogP contribution in [0.15, 0.2) is 0 Å². The van der Waals surface area contributed by atoms with Crippen LogP contribution in [0.25, 0.3) is 0 Å². The second-order valence-electron chi connectivity index (χ2n) is 2.54. The maximum atomic E-state index is 9.16. The molecule has 7 heavy (non-hydrogen) atoms. The van der Waals surface area contributed by atoms with Gasteiger partial charge in [-0.2, -0.15) is 0 Å². The summed E-state index contributed by atoms with van der Waals surface area (Å²) in [6.45, 7) is 1.02. The molecule has 0 aromatic heterocycles. The molecule has 2 nitrogen and oxygen atoms in total. The van der Waals surface area contributed by atoms with Crippen LogP contribution in [0.1, 0.15) is 12.8 Å². The fraction of sp³-hybridized carbons (Fsp3) is 1.00. The van der Waals surface area contributed by atoms with Crippen molar-refractivity contribution in [2.75, 3.05) is 6.54 Å². The Bertz CT molecular complexity index is 102. The van der Waals surface area contributed by atoms with E-state index in [0.29, 0.717) is 5.92 Å². The highest BCUT2D eigenvalue weighted by Gasteiger charge is 2.55. The molecule has 1 heterocycles. The van der Waals surface area contributed by atoms with Crippen LogP contribution in [0.3, 0.4) is 0 Å². The van der Waals surface area contributed by atoms with Crippen LogP contribution in [0.5, 0.6) is 0 Å². The molecule has 1 saturated carbocycles. The van der Waals surface area contributed by atoms with Gasteiger partial charge in [0.1, 0.15) is 5.72 Å². The molecule has 0 aromatic carbocycles. The van der Waals surface area contributed by atoms with Gasteiger partial charge in [0.05, 0.1) is 0 Å². The van der Waals surface area contributed by atoms with E-state index in [2.05, 4.69) is 5.32 Å². The Hall–Kier alpha value is -0.0800. The van der Waals surface area contributed by atoms with Gasteiger partial charge < -0.3 is 5.11 Å². The number of nitrogens with one attached hydrogen (secondary N) is 1. The van der Waals surface area contributed by atoms with E-state index in [0.717, 1.165) is 13.0 Å². The lowest BCUT2D eigenvalue weighted by Gasteiger charge is -2.00. The van der Waals surface area contributed by atoms with Crippen LogP contribution < -0.4 is 5.32 Å². The second-order valence-corrected chi connectivity index (χ2v) is 2.54. The summed E-state index contributed by atoms with van der Waals surface area (Å²) in [4.78, 5) is 0. The van der Waals surface area contributed by atoms with Gasteiger partial charge in [-0.15, -0.1) is 0 Å². The molecule has 2 heteroatoms. The first kappa shape index (κ1) is 3.87. The first-order valence-corrected chi connectivity index (χ1v) is 2.79. The quantitative estimate of drug-likeness (QED) is 0.436. The zero-order valence-corrected chi connectivity index (χ0v) is 4.15. The molecule has 0 spiro atoms. The van der Waals surface area contributed by atoms with Crippen LogP contribution in [0, 0.1) is 5.92 Å². The lowest BCUT2D eigenvalue weighted by molar-refractivity contribution is 0.118. The predicted octanol–water partition coefficient (Wildman–Crippen LogP) is -0.312. The summed E-state index contributed by atoms with van der Waals surface area (Å²) in [6.07, 6.45) is 2.17. The molecule has 2 rings (SSSR count). The highest BCUT2D eigenvalue weighted by molar-refractivity contribution is 5.05. The molecular formula is C5H9NO. The topological polar surface area (TPSA) is 32.3 Å². The van der Waals surface area contributed by atoms with Gasteiger partial charge in [0.15, 0.2) is 0 Å². The van der Waals surface area contributed by atoms with Crippen molar-refractivity contribution in [2.45, 2.75) is 18.6 Å². The van der Waals surface area contributed by atoms with E-state index in [-0.39, 0.29) is 5.72 Å². The first-order valence-electron chi connectivity index (χ1n) is 2.79. The van der Waals surface area contributed by atoms with E-state index in [4.69, 9.17) is 5.11 Å². The van der Waals surface area contributed by atoms with E-state index in [1.165, 1.54) is 6.42 Å². The molecule has 1 saturated heterocycles. The lowest BCUT2D eigenvalue weighted by atomic mass is 10.3. The summed E-state index contributed by atoms with van der Waals surface area (Å²) < 4.78 is 0. The molecule has 1 aliphatic carbocycles. The highest BCUT2D eigenvalue weighted by Crippen LogP contribution is 2.46. The largest absolute Gasteiger partial charge is 0.376 e. The van der Waals surface area contributed by atoms with Gasteiger partial charge in [0.25, 0.3) is 0 Å². The van der Waals surface area contributed by atoms with Gasteiger partial charge in [-0.1, -0.05) is 0 Å². The summed E-state index contributed by atoms with van der Waals surface area (Å²) in [5, 5.41) is 12.2. The Morgan fingerprint density at radius 1 is 1.71 bits per heavy atom. The molecule has 0 amide bonds. The molecule has 1 aliphatic heterocycles. The molecule has 2 atom stereocenters. The fourth-order valence-corrected chi connectivity index (χ4v) is 1.34. The van der Waals surface area contributed by atoms with Gasteiger partial charge in [-0.25, -0.2) is 0 Å². The zero-order chi connectivity index (χ0) is 4.91. The van der Waals surface area contributed by atoms with Crippen LogP contribution in [0.2, 0.25) is 0 Å².